The summed E-state index contributed by atoms with van der Waals surface area (Å²) in [6.07, 6.45) is 1.42. The third kappa shape index (κ3) is 7.88. The Morgan fingerprint density at radius 2 is 1.57 bits per heavy atom. The van der Waals surface area contributed by atoms with Crippen molar-refractivity contribution in [1.29, 1.82) is 0 Å². The van der Waals surface area contributed by atoms with E-state index in [0.29, 0.717) is 36.8 Å². The molecule has 0 bridgehead atoms. The van der Waals surface area contributed by atoms with Crippen LogP contribution in [0.1, 0.15) is 32.8 Å². The highest BCUT2D eigenvalue weighted by Crippen LogP contribution is 2.23. The van der Waals surface area contributed by atoms with Crippen molar-refractivity contribution in [3.8, 4) is 11.5 Å². The lowest BCUT2D eigenvalue weighted by atomic mass is 10.1. The van der Waals surface area contributed by atoms with E-state index in [1.807, 2.05) is 26.0 Å². The summed E-state index contributed by atoms with van der Waals surface area (Å²) in [6, 6.07) is 12.9. The molecule has 0 aromatic heterocycles. The number of likely N-dealkylation sites (N-methyl/N-ethyl adjacent to an activating group) is 1. The minimum absolute atomic E-state index is 0.138. The monoisotopic (exact) mass is 505 g/mol. The van der Waals surface area contributed by atoms with Crippen LogP contribution in [0.3, 0.4) is 0 Å². The summed E-state index contributed by atoms with van der Waals surface area (Å²) in [5, 5.41) is 2.77. The van der Waals surface area contributed by atoms with Crippen molar-refractivity contribution in [2.45, 2.75) is 39.8 Å². The molecule has 2 rings (SSSR count). The molecule has 0 saturated heterocycles. The predicted octanol–water partition coefficient (Wildman–Crippen LogP) is 2.80. The molecule has 1 atom stereocenters. The van der Waals surface area contributed by atoms with Gasteiger partial charge in [0, 0.05) is 13.1 Å². The number of ether oxygens (including phenoxy) is 2. The van der Waals surface area contributed by atoms with Crippen molar-refractivity contribution >= 4 is 27.5 Å². The first-order valence-electron chi connectivity index (χ1n) is 11.5. The number of nitrogens with one attached hydrogen (secondary N) is 1. The molecule has 0 saturated carbocycles. The molecular formula is C25H35N3O6S. The summed E-state index contributed by atoms with van der Waals surface area (Å²) < 4.78 is 36.9. The molecular weight excluding hydrogens is 470 g/mol. The first kappa shape index (κ1) is 28.0. The van der Waals surface area contributed by atoms with E-state index in [9.17, 15) is 18.0 Å². The Bertz CT molecular complexity index is 1070. The maximum absolute atomic E-state index is 13.6. The second-order valence-electron chi connectivity index (χ2n) is 7.88. The molecule has 0 heterocycles. The zero-order chi connectivity index (χ0) is 26.0. The van der Waals surface area contributed by atoms with E-state index in [0.717, 1.165) is 16.1 Å². The summed E-state index contributed by atoms with van der Waals surface area (Å²) in [6.45, 7) is 6.06. The number of rotatable bonds is 13. The lowest BCUT2D eigenvalue weighted by Gasteiger charge is -2.32. The number of hydrogen-bond acceptors (Lipinski definition) is 6. The Hall–Kier alpha value is -3.27. The van der Waals surface area contributed by atoms with Crippen LogP contribution in [0.15, 0.2) is 48.5 Å². The van der Waals surface area contributed by atoms with Crippen molar-refractivity contribution < 1.29 is 27.5 Å². The maximum Gasteiger partial charge on any atom is 0.244 e. The quantitative estimate of drug-likeness (QED) is 0.449. The SMILES string of the molecule is CCNC(=O)[C@H](CC)N(Cc1ccc(OC)cc1)C(=O)CN(c1ccc(OCC)cc1)S(C)(=O)=O. The first-order valence-corrected chi connectivity index (χ1v) is 13.4. The van der Waals surface area contributed by atoms with Gasteiger partial charge in [-0.05, 0) is 62.2 Å². The number of amides is 2. The number of nitrogens with zero attached hydrogens (tertiary/aromatic N) is 2. The van der Waals surface area contributed by atoms with Crippen molar-refractivity contribution in [1.82, 2.24) is 10.2 Å². The molecule has 0 fully saturated rings. The topological polar surface area (TPSA) is 105 Å². The smallest absolute Gasteiger partial charge is 0.244 e. The summed E-state index contributed by atoms with van der Waals surface area (Å²) in [5.41, 5.74) is 1.12. The van der Waals surface area contributed by atoms with Crippen LogP contribution < -0.4 is 19.1 Å². The molecule has 0 unspecified atom stereocenters. The van der Waals surface area contributed by atoms with E-state index in [1.54, 1.807) is 50.4 Å². The van der Waals surface area contributed by atoms with Gasteiger partial charge in [-0.3, -0.25) is 13.9 Å². The second-order valence-corrected chi connectivity index (χ2v) is 9.79. The van der Waals surface area contributed by atoms with E-state index in [4.69, 9.17) is 9.47 Å². The zero-order valence-electron chi connectivity index (χ0n) is 21.0. The Kier molecular flexibility index (Phi) is 10.4. The van der Waals surface area contributed by atoms with Crippen LogP contribution >= 0.6 is 0 Å². The molecule has 0 aliphatic heterocycles. The summed E-state index contributed by atoms with van der Waals surface area (Å²) in [7, 11) is -2.23. The van der Waals surface area contributed by atoms with Crippen LogP contribution in [0.5, 0.6) is 11.5 Å². The van der Waals surface area contributed by atoms with Gasteiger partial charge in [-0.15, -0.1) is 0 Å². The van der Waals surface area contributed by atoms with Gasteiger partial charge >= 0.3 is 0 Å². The highest BCUT2D eigenvalue weighted by atomic mass is 32.2. The van der Waals surface area contributed by atoms with E-state index in [-0.39, 0.29) is 12.5 Å². The molecule has 2 aromatic carbocycles. The fourth-order valence-corrected chi connectivity index (χ4v) is 4.48. The van der Waals surface area contributed by atoms with E-state index in [1.165, 1.54) is 4.90 Å². The van der Waals surface area contributed by atoms with Crippen LogP contribution in [-0.2, 0) is 26.2 Å². The second kappa shape index (κ2) is 13.0. The highest BCUT2D eigenvalue weighted by molar-refractivity contribution is 7.92. The number of carbonyl (C=O) groups excluding carboxylic acids is 2. The van der Waals surface area contributed by atoms with Gasteiger partial charge in [0.2, 0.25) is 21.8 Å². The zero-order valence-corrected chi connectivity index (χ0v) is 21.8. The van der Waals surface area contributed by atoms with Crippen molar-refractivity contribution in [2.75, 3.05) is 37.4 Å². The Morgan fingerprint density at radius 1 is 0.971 bits per heavy atom. The summed E-state index contributed by atoms with van der Waals surface area (Å²) in [4.78, 5) is 27.8. The molecule has 2 aromatic rings. The van der Waals surface area contributed by atoms with Crippen LogP contribution in [0.2, 0.25) is 0 Å². The van der Waals surface area contributed by atoms with Crippen LogP contribution in [0.25, 0.3) is 0 Å². The largest absolute Gasteiger partial charge is 0.497 e. The number of anilines is 1. The molecule has 0 aliphatic carbocycles. The van der Waals surface area contributed by atoms with Gasteiger partial charge in [0.05, 0.1) is 25.7 Å². The summed E-state index contributed by atoms with van der Waals surface area (Å²) in [5.74, 6) is 0.489. The van der Waals surface area contributed by atoms with Gasteiger partial charge in [-0.1, -0.05) is 19.1 Å². The maximum atomic E-state index is 13.6. The third-order valence-electron chi connectivity index (χ3n) is 5.36. The lowest BCUT2D eigenvalue weighted by molar-refractivity contribution is -0.140. The predicted molar refractivity (Wildman–Crippen MR) is 136 cm³/mol. The van der Waals surface area contributed by atoms with Crippen LogP contribution in [0, 0.1) is 0 Å². The summed E-state index contributed by atoms with van der Waals surface area (Å²) >= 11 is 0. The first-order chi connectivity index (χ1) is 16.6. The van der Waals surface area contributed by atoms with Crippen LogP contribution in [0.4, 0.5) is 5.69 Å². The Labute approximate surface area is 208 Å². The number of methoxy groups -OCH3 is 1. The molecule has 192 valence electrons. The third-order valence-corrected chi connectivity index (χ3v) is 6.50. The molecule has 0 aliphatic rings. The molecule has 9 nitrogen and oxygen atoms in total. The van der Waals surface area contributed by atoms with E-state index in [2.05, 4.69) is 5.32 Å². The fourth-order valence-electron chi connectivity index (χ4n) is 3.63. The molecule has 1 N–H and O–H groups in total. The number of hydrogen-bond donors (Lipinski definition) is 1. The fraction of sp³-hybridized carbons (Fsp3) is 0.440. The minimum Gasteiger partial charge on any atom is -0.497 e. The Balaban J connectivity index is 2.39. The molecule has 0 radical (unpaired) electrons. The van der Waals surface area contributed by atoms with Crippen LogP contribution in [-0.4, -0.2) is 64.2 Å². The Morgan fingerprint density at radius 3 is 2.06 bits per heavy atom. The average molecular weight is 506 g/mol. The molecule has 0 spiro atoms. The molecule has 2 amide bonds. The molecule has 35 heavy (non-hydrogen) atoms. The van der Waals surface area contributed by atoms with Gasteiger partial charge in [-0.25, -0.2) is 8.42 Å². The average Bonchev–Trinajstić information content (AvgIpc) is 2.83. The molecule has 10 heteroatoms. The van der Waals surface area contributed by atoms with Gasteiger partial charge in [0.1, 0.15) is 24.1 Å². The highest BCUT2D eigenvalue weighted by Gasteiger charge is 2.31. The van der Waals surface area contributed by atoms with E-state index < -0.39 is 28.5 Å². The van der Waals surface area contributed by atoms with Gasteiger partial charge in [0.15, 0.2) is 0 Å². The normalized spacial score (nSPS) is 11.9. The standard InChI is InChI=1S/C25H35N3O6S/c1-6-23(25(30)26-7-2)27(17-19-9-13-21(33-4)14-10-19)24(29)18-28(35(5,31)32)20-11-15-22(16-12-20)34-8-3/h9-16,23H,6-8,17-18H2,1-5H3,(H,26,30)/t23-/m0/s1. The number of carbonyl (C=O) groups is 2. The minimum atomic E-state index is -3.79. The van der Waals surface area contributed by atoms with Gasteiger partial charge in [0.25, 0.3) is 0 Å². The van der Waals surface area contributed by atoms with E-state index >= 15 is 0 Å². The number of sulfonamides is 1. The number of benzene rings is 2. The lowest BCUT2D eigenvalue weighted by Crippen LogP contribution is -2.52. The van der Waals surface area contributed by atoms with Gasteiger partial charge in [-0.2, -0.15) is 0 Å². The van der Waals surface area contributed by atoms with Crippen molar-refractivity contribution in [2.24, 2.45) is 0 Å². The van der Waals surface area contributed by atoms with Crippen molar-refractivity contribution in [3.05, 3.63) is 54.1 Å². The van der Waals surface area contributed by atoms with Gasteiger partial charge < -0.3 is 19.7 Å². The van der Waals surface area contributed by atoms with Crippen molar-refractivity contribution in [3.63, 3.8) is 0 Å².